The Kier molecular flexibility index (Phi) is 6.97. The van der Waals surface area contributed by atoms with Crippen molar-refractivity contribution >= 4 is 45.6 Å². The molecule has 3 aromatic carbocycles. The van der Waals surface area contributed by atoms with Gasteiger partial charge in [-0.2, -0.15) is 4.98 Å². The number of halogens is 2. The third-order valence-corrected chi connectivity index (χ3v) is 8.29. The molecule has 0 amide bonds. The van der Waals surface area contributed by atoms with Crippen LogP contribution in [0.2, 0.25) is 5.02 Å². The second-order valence-electron chi connectivity index (χ2n) is 10.6. The topological polar surface area (TPSA) is 87.1 Å². The monoisotopic (exact) mass is 581 g/mol. The number of aromatic nitrogens is 3. The minimum absolute atomic E-state index is 0.183. The standard InChI is InChI=1S/C32H29ClFN7O/c33-26-7-3-2-6-24(26)25-16-21-18-37-32(38-22-9-10-29(27(34)17-22)40-13-11-35-12-14-40)39-30(21)41(31(25)42)23-15-20-5-1-4-8-28(20)36-19-23/h1-10,16-18,23,35-36H,11-15,19H2,(H,37,38,39). The molecule has 1 atom stereocenters. The quantitative estimate of drug-likeness (QED) is 0.249. The van der Waals surface area contributed by atoms with Crippen molar-refractivity contribution in [1.82, 2.24) is 19.9 Å². The fraction of sp³-hybridized carbons (Fsp3) is 0.219. The zero-order valence-corrected chi connectivity index (χ0v) is 23.5. The molecule has 4 heterocycles. The Balaban J connectivity index is 1.30. The number of hydrogen-bond donors (Lipinski definition) is 3. The van der Waals surface area contributed by atoms with Gasteiger partial charge in [-0.3, -0.25) is 9.36 Å². The van der Waals surface area contributed by atoms with E-state index in [2.05, 4.69) is 27.0 Å². The van der Waals surface area contributed by atoms with Crippen molar-refractivity contribution in [1.29, 1.82) is 0 Å². The van der Waals surface area contributed by atoms with Crippen LogP contribution in [0.3, 0.4) is 0 Å². The van der Waals surface area contributed by atoms with Crippen LogP contribution in [0, 0.1) is 5.82 Å². The van der Waals surface area contributed by atoms with Crippen LogP contribution in [0.5, 0.6) is 0 Å². The minimum Gasteiger partial charge on any atom is -0.383 e. The normalized spacial score (nSPS) is 16.6. The van der Waals surface area contributed by atoms with Crippen LogP contribution in [0.15, 0.2) is 83.8 Å². The second-order valence-corrected chi connectivity index (χ2v) is 11.0. The molecule has 5 aromatic rings. The molecule has 42 heavy (non-hydrogen) atoms. The summed E-state index contributed by atoms with van der Waals surface area (Å²) >= 11 is 6.54. The Morgan fingerprint density at radius 2 is 1.79 bits per heavy atom. The van der Waals surface area contributed by atoms with E-state index in [0.29, 0.717) is 51.5 Å². The zero-order valence-electron chi connectivity index (χ0n) is 22.8. The summed E-state index contributed by atoms with van der Waals surface area (Å²) in [5.41, 5.74) is 4.76. The summed E-state index contributed by atoms with van der Waals surface area (Å²) in [6, 6.07) is 22.1. The molecular formula is C32H29ClFN7O. The van der Waals surface area contributed by atoms with Gasteiger partial charge in [0, 0.05) is 71.8 Å². The van der Waals surface area contributed by atoms with Crippen molar-refractivity contribution in [2.45, 2.75) is 12.5 Å². The summed E-state index contributed by atoms with van der Waals surface area (Å²) in [5.74, 6) is -0.0319. The van der Waals surface area contributed by atoms with E-state index in [0.717, 1.165) is 37.4 Å². The van der Waals surface area contributed by atoms with Crippen molar-refractivity contribution in [2.24, 2.45) is 0 Å². The first-order chi connectivity index (χ1) is 20.5. The van der Waals surface area contributed by atoms with Gasteiger partial charge in [-0.25, -0.2) is 9.37 Å². The fourth-order valence-electron chi connectivity index (χ4n) is 5.87. The van der Waals surface area contributed by atoms with Gasteiger partial charge in [-0.15, -0.1) is 0 Å². The highest BCUT2D eigenvalue weighted by Gasteiger charge is 2.25. The summed E-state index contributed by atoms with van der Waals surface area (Å²) in [6.07, 6.45) is 2.35. The van der Waals surface area contributed by atoms with Gasteiger partial charge in [0.1, 0.15) is 11.5 Å². The molecule has 10 heteroatoms. The second kappa shape index (κ2) is 11.1. The van der Waals surface area contributed by atoms with E-state index in [1.807, 2.05) is 47.4 Å². The Bertz CT molecular complexity index is 1850. The first kappa shape index (κ1) is 26.4. The number of anilines is 4. The average molecular weight is 582 g/mol. The molecule has 0 radical (unpaired) electrons. The summed E-state index contributed by atoms with van der Waals surface area (Å²) in [6.45, 7) is 3.72. The minimum atomic E-state index is -0.309. The van der Waals surface area contributed by atoms with Gasteiger partial charge in [-0.05, 0) is 48.4 Å². The number of benzene rings is 3. The number of fused-ring (bicyclic) bond motifs is 2. The first-order valence-electron chi connectivity index (χ1n) is 14.1. The van der Waals surface area contributed by atoms with Gasteiger partial charge in [0.2, 0.25) is 5.95 Å². The first-order valence-corrected chi connectivity index (χ1v) is 14.4. The van der Waals surface area contributed by atoms with Crippen LogP contribution in [0.25, 0.3) is 22.2 Å². The molecule has 3 N–H and O–H groups in total. The highest BCUT2D eigenvalue weighted by Crippen LogP contribution is 2.32. The molecule has 2 aliphatic heterocycles. The Labute approximate surface area is 247 Å². The Morgan fingerprint density at radius 1 is 0.976 bits per heavy atom. The lowest BCUT2D eigenvalue weighted by Gasteiger charge is -2.29. The maximum atomic E-state index is 15.1. The number of pyridine rings is 1. The lowest BCUT2D eigenvalue weighted by Crippen LogP contribution is -2.43. The number of para-hydroxylation sites is 1. The molecule has 0 bridgehead atoms. The molecule has 1 saturated heterocycles. The summed E-state index contributed by atoms with van der Waals surface area (Å²) < 4.78 is 16.9. The molecule has 0 aliphatic carbocycles. The number of nitrogens with zero attached hydrogens (tertiary/aromatic N) is 4. The summed E-state index contributed by atoms with van der Waals surface area (Å²) in [7, 11) is 0. The van der Waals surface area contributed by atoms with Crippen LogP contribution in [0.4, 0.5) is 27.4 Å². The summed E-state index contributed by atoms with van der Waals surface area (Å²) in [5, 5.41) is 11.1. The summed E-state index contributed by atoms with van der Waals surface area (Å²) in [4.78, 5) is 25.5. The van der Waals surface area contributed by atoms with E-state index >= 15 is 4.39 Å². The van der Waals surface area contributed by atoms with E-state index in [1.165, 1.54) is 6.07 Å². The van der Waals surface area contributed by atoms with Crippen LogP contribution < -0.4 is 26.4 Å². The van der Waals surface area contributed by atoms with Crippen LogP contribution in [-0.2, 0) is 6.42 Å². The van der Waals surface area contributed by atoms with Gasteiger partial charge in [0.15, 0.2) is 0 Å². The van der Waals surface area contributed by atoms with Gasteiger partial charge >= 0.3 is 0 Å². The van der Waals surface area contributed by atoms with Crippen LogP contribution in [-0.4, -0.2) is 47.3 Å². The van der Waals surface area contributed by atoms with Gasteiger partial charge in [0.25, 0.3) is 5.56 Å². The predicted molar refractivity (Wildman–Crippen MR) is 167 cm³/mol. The number of piperazine rings is 1. The van der Waals surface area contributed by atoms with Crippen LogP contribution >= 0.6 is 11.6 Å². The van der Waals surface area contributed by atoms with Crippen molar-refractivity contribution in [3.8, 4) is 11.1 Å². The predicted octanol–water partition coefficient (Wildman–Crippen LogP) is 5.61. The number of rotatable bonds is 5. The van der Waals surface area contributed by atoms with Crippen molar-refractivity contribution in [3.63, 3.8) is 0 Å². The maximum absolute atomic E-state index is 15.1. The van der Waals surface area contributed by atoms with Gasteiger partial charge in [-0.1, -0.05) is 48.0 Å². The van der Waals surface area contributed by atoms with Crippen LogP contribution in [0.1, 0.15) is 11.6 Å². The fourth-order valence-corrected chi connectivity index (χ4v) is 6.11. The molecule has 1 unspecified atom stereocenters. The highest BCUT2D eigenvalue weighted by atomic mass is 35.5. The van der Waals surface area contributed by atoms with E-state index in [-0.39, 0.29) is 23.4 Å². The van der Waals surface area contributed by atoms with Crippen molar-refractivity contribution in [2.75, 3.05) is 48.3 Å². The lowest BCUT2D eigenvalue weighted by molar-refractivity contribution is 0.508. The van der Waals surface area contributed by atoms with E-state index in [1.54, 1.807) is 29.0 Å². The third-order valence-electron chi connectivity index (χ3n) is 7.96. The SMILES string of the molecule is O=c1c(-c2ccccc2Cl)cc2cnc(Nc3ccc(N4CCNCC4)c(F)c3)nc2n1C1CNc2ccccc2C1. The molecule has 212 valence electrons. The smallest absolute Gasteiger partial charge is 0.260 e. The number of hydrogen-bond acceptors (Lipinski definition) is 7. The molecule has 0 spiro atoms. The average Bonchev–Trinajstić information content (AvgIpc) is 3.01. The molecule has 0 saturated carbocycles. The Morgan fingerprint density at radius 3 is 2.62 bits per heavy atom. The highest BCUT2D eigenvalue weighted by molar-refractivity contribution is 6.33. The van der Waals surface area contributed by atoms with Gasteiger partial charge in [0.05, 0.1) is 11.7 Å². The molecule has 1 fully saturated rings. The van der Waals surface area contributed by atoms with E-state index in [9.17, 15) is 4.79 Å². The molecule has 7 rings (SSSR count). The van der Waals surface area contributed by atoms with Crippen molar-refractivity contribution in [3.05, 3.63) is 106 Å². The molecule has 8 nitrogen and oxygen atoms in total. The lowest BCUT2D eigenvalue weighted by atomic mass is 9.98. The number of nitrogens with one attached hydrogen (secondary N) is 3. The van der Waals surface area contributed by atoms with Crippen molar-refractivity contribution < 1.29 is 4.39 Å². The molecular weight excluding hydrogens is 553 g/mol. The van der Waals surface area contributed by atoms with E-state index in [4.69, 9.17) is 16.6 Å². The van der Waals surface area contributed by atoms with E-state index < -0.39 is 0 Å². The maximum Gasteiger partial charge on any atom is 0.260 e. The Hall–Kier alpha value is -4.47. The third kappa shape index (κ3) is 4.95. The van der Waals surface area contributed by atoms with Gasteiger partial charge < -0.3 is 20.9 Å². The largest absolute Gasteiger partial charge is 0.383 e. The molecule has 2 aliphatic rings. The molecule has 2 aromatic heterocycles. The zero-order chi connectivity index (χ0) is 28.6.